The normalized spacial score (nSPS) is 11.2. The number of imidazole rings is 1. The molecule has 0 bridgehead atoms. The SMILES string of the molecule is CSN(C)C(=O)c1cc(Cn2cc(-c3c(-c4ccc(Cl)cc4)nc4ccccn34)nn2)ccc1C. The Morgan fingerprint density at radius 1 is 1.11 bits per heavy atom. The van der Waals surface area contributed by atoms with E-state index in [1.54, 1.807) is 16.0 Å². The molecule has 3 aromatic heterocycles. The van der Waals surface area contributed by atoms with E-state index in [0.717, 1.165) is 33.7 Å². The largest absolute Gasteiger partial charge is 0.298 e. The fraction of sp³-hybridized carbons (Fsp3) is 0.154. The minimum absolute atomic E-state index is 0.0190. The first-order valence-electron chi connectivity index (χ1n) is 11.0. The Balaban J connectivity index is 1.51. The number of rotatable bonds is 6. The van der Waals surface area contributed by atoms with Gasteiger partial charge in [-0.1, -0.05) is 59.1 Å². The Kier molecular flexibility index (Phi) is 6.32. The van der Waals surface area contributed by atoms with E-state index in [1.807, 2.05) is 90.6 Å². The fourth-order valence-electron chi connectivity index (χ4n) is 3.97. The fourth-order valence-corrected chi connectivity index (χ4v) is 4.36. The van der Waals surface area contributed by atoms with Crippen LogP contribution in [-0.4, -0.2) is 47.9 Å². The molecule has 0 radical (unpaired) electrons. The second-order valence-corrected chi connectivity index (χ2v) is 9.53. The smallest absolute Gasteiger partial charge is 0.263 e. The van der Waals surface area contributed by atoms with Gasteiger partial charge in [-0.2, -0.15) is 0 Å². The van der Waals surface area contributed by atoms with Crippen molar-refractivity contribution in [3.63, 3.8) is 0 Å². The third-order valence-corrected chi connectivity index (χ3v) is 6.83. The van der Waals surface area contributed by atoms with Crippen LogP contribution in [0.1, 0.15) is 21.5 Å². The summed E-state index contributed by atoms with van der Waals surface area (Å²) >= 11 is 7.49. The third kappa shape index (κ3) is 4.54. The lowest BCUT2D eigenvalue weighted by Crippen LogP contribution is -2.20. The topological polar surface area (TPSA) is 68.3 Å². The summed E-state index contributed by atoms with van der Waals surface area (Å²) in [7, 11) is 1.77. The molecule has 3 heterocycles. The predicted molar refractivity (Wildman–Crippen MR) is 141 cm³/mol. The summed E-state index contributed by atoms with van der Waals surface area (Å²) in [5, 5.41) is 9.52. The first-order valence-corrected chi connectivity index (χ1v) is 12.6. The molecule has 0 spiro atoms. The van der Waals surface area contributed by atoms with Crippen LogP contribution in [-0.2, 0) is 6.54 Å². The van der Waals surface area contributed by atoms with Crippen molar-refractivity contribution in [3.8, 4) is 22.6 Å². The molecular weight excluding hydrogens is 480 g/mol. The molecule has 0 atom stereocenters. The number of amides is 1. The number of fused-ring (bicyclic) bond motifs is 1. The second-order valence-electron chi connectivity index (χ2n) is 8.18. The van der Waals surface area contributed by atoms with Crippen LogP contribution in [0.25, 0.3) is 28.3 Å². The molecule has 1 amide bonds. The summed E-state index contributed by atoms with van der Waals surface area (Å²) < 4.78 is 5.42. The Bertz CT molecular complexity index is 1520. The minimum Gasteiger partial charge on any atom is -0.298 e. The van der Waals surface area contributed by atoms with E-state index in [1.165, 1.54) is 11.9 Å². The summed E-state index contributed by atoms with van der Waals surface area (Å²) in [5.74, 6) is -0.0190. The van der Waals surface area contributed by atoms with Gasteiger partial charge in [-0.3, -0.25) is 13.5 Å². The summed E-state index contributed by atoms with van der Waals surface area (Å²) in [6.45, 7) is 2.44. The van der Waals surface area contributed by atoms with E-state index in [-0.39, 0.29) is 5.91 Å². The standard InChI is InChI=1S/C26H23ClN6OS/c1-17-7-8-18(14-21(17)26(34)31(2)35-3)15-32-16-22(29-30-32)25-24(19-9-11-20(27)12-10-19)28-23-6-4-5-13-33(23)25/h4-14,16H,15H2,1-3H3. The van der Waals surface area contributed by atoms with Gasteiger partial charge in [-0.15, -0.1) is 5.10 Å². The maximum Gasteiger partial charge on any atom is 0.263 e. The average Bonchev–Trinajstić information content (AvgIpc) is 3.49. The third-order valence-electron chi connectivity index (χ3n) is 5.87. The molecular formula is C26H23ClN6OS. The lowest BCUT2D eigenvalue weighted by molar-refractivity contribution is 0.0891. The lowest BCUT2D eigenvalue weighted by Gasteiger charge is -2.15. The highest BCUT2D eigenvalue weighted by atomic mass is 35.5. The van der Waals surface area contributed by atoms with Gasteiger partial charge in [0.2, 0.25) is 0 Å². The van der Waals surface area contributed by atoms with Crippen LogP contribution in [0.3, 0.4) is 0 Å². The number of benzene rings is 2. The molecule has 0 unspecified atom stereocenters. The Hall–Kier alpha value is -3.62. The Morgan fingerprint density at radius 2 is 1.91 bits per heavy atom. The number of pyridine rings is 1. The zero-order chi connectivity index (χ0) is 24.5. The van der Waals surface area contributed by atoms with Crippen molar-refractivity contribution in [2.24, 2.45) is 0 Å². The predicted octanol–water partition coefficient (Wildman–Crippen LogP) is 5.62. The molecule has 5 rings (SSSR count). The van der Waals surface area contributed by atoms with Crippen LogP contribution in [0.4, 0.5) is 0 Å². The molecule has 0 aliphatic carbocycles. The first-order chi connectivity index (χ1) is 16.9. The number of aryl methyl sites for hydroxylation is 1. The van der Waals surface area contributed by atoms with Gasteiger partial charge in [-0.25, -0.2) is 9.67 Å². The monoisotopic (exact) mass is 502 g/mol. The van der Waals surface area contributed by atoms with Gasteiger partial charge < -0.3 is 0 Å². The zero-order valence-corrected chi connectivity index (χ0v) is 21.1. The number of aromatic nitrogens is 5. The lowest BCUT2D eigenvalue weighted by atomic mass is 10.0. The molecule has 7 nitrogen and oxygen atoms in total. The number of hydrogen-bond donors (Lipinski definition) is 0. The Labute approximate surface area is 212 Å². The van der Waals surface area contributed by atoms with Crippen LogP contribution in [0.5, 0.6) is 0 Å². The highest BCUT2D eigenvalue weighted by Crippen LogP contribution is 2.32. The molecule has 9 heteroatoms. The Morgan fingerprint density at radius 3 is 2.69 bits per heavy atom. The van der Waals surface area contributed by atoms with Crippen LogP contribution in [0.2, 0.25) is 5.02 Å². The van der Waals surface area contributed by atoms with Crippen molar-refractivity contribution < 1.29 is 4.79 Å². The minimum atomic E-state index is -0.0190. The van der Waals surface area contributed by atoms with Crippen molar-refractivity contribution in [1.29, 1.82) is 0 Å². The van der Waals surface area contributed by atoms with Gasteiger partial charge in [0.1, 0.15) is 17.0 Å². The van der Waals surface area contributed by atoms with E-state index in [0.29, 0.717) is 22.8 Å². The van der Waals surface area contributed by atoms with Crippen molar-refractivity contribution in [3.05, 3.63) is 94.8 Å². The van der Waals surface area contributed by atoms with Crippen molar-refractivity contribution in [2.45, 2.75) is 13.5 Å². The number of nitrogens with zero attached hydrogens (tertiary/aromatic N) is 6. The van der Waals surface area contributed by atoms with Crippen LogP contribution < -0.4 is 0 Å². The molecule has 0 aliphatic heterocycles. The number of halogens is 1. The molecule has 176 valence electrons. The number of hydrogen-bond acceptors (Lipinski definition) is 5. The van der Waals surface area contributed by atoms with Gasteiger partial charge in [0.05, 0.1) is 18.4 Å². The molecule has 0 saturated heterocycles. The van der Waals surface area contributed by atoms with E-state index >= 15 is 0 Å². The summed E-state index contributed by atoms with van der Waals surface area (Å²) in [4.78, 5) is 17.6. The summed E-state index contributed by atoms with van der Waals surface area (Å²) in [6, 6.07) is 19.4. The summed E-state index contributed by atoms with van der Waals surface area (Å²) in [6.07, 6.45) is 5.76. The van der Waals surface area contributed by atoms with Crippen LogP contribution in [0, 0.1) is 6.92 Å². The van der Waals surface area contributed by atoms with Gasteiger partial charge in [0.15, 0.2) is 0 Å². The van der Waals surface area contributed by atoms with Gasteiger partial charge in [0, 0.05) is 35.6 Å². The zero-order valence-electron chi connectivity index (χ0n) is 19.5. The molecule has 2 aromatic carbocycles. The molecule has 0 fully saturated rings. The highest BCUT2D eigenvalue weighted by molar-refractivity contribution is 7.96. The molecule has 0 saturated carbocycles. The molecule has 35 heavy (non-hydrogen) atoms. The number of carbonyl (C=O) groups is 1. The van der Waals surface area contributed by atoms with E-state index in [4.69, 9.17) is 16.6 Å². The highest BCUT2D eigenvalue weighted by Gasteiger charge is 2.19. The maximum atomic E-state index is 12.7. The summed E-state index contributed by atoms with van der Waals surface area (Å²) in [5.41, 5.74) is 6.74. The van der Waals surface area contributed by atoms with E-state index in [9.17, 15) is 4.79 Å². The van der Waals surface area contributed by atoms with Gasteiger partial charge in [0.25, 0.3) is 5.91 Å². The number of carbonyl (C=O) groups excluding carboxylic acids is 1. The van der Waals surface area contributed by atoms with Gasteiger partial charge >= 0.3 is 0 Å². The molecule has 5 aromatic rings. The quantitative estimate of drug-likeness (QED) is 0.282. The van der Waals surface area contributed by atoms with E-state index < -0.39 is 0 Å². The molecule has 0 aliphatic rings. The van der Waals surface area contributed by atoms with Crippen LogP contribution in [0.15, 0.2) is 73.1 Å². The van der Waals surface area contributed by atoms with Gasteiger partial charge in [-0.05, 0) is 48.4 Å². The van der Waals surface area contributed by atoms with Crippen molar-refractivity contribution >= 4 is 35.1 Å². The first kappa shape index (κ1) is 23.1. The average molecular weight is 503 g/mol. The van der Waals surface area contributed by atoms with Crippen molar-refractivity contribution in [2.75, 3.05) is 13.3 Å². The second kappa shape index (κ2) is 9.56. The van der Waals surface area contributed by atoms with Crippen molar-refractivity contribution in [1.82, 2.24) is 28.7 Å². The maximum absolute atomic E-state index is 12.7. The van der Waals surface area contributed by atoms with Crippen LogP contribution >= 0.6 is 23.5 Å². The molecule has 0 N–H and O–H groups in total. The van der Waals surface area contributed by atoms with E-state index in [2.05, 4.69) is 10.3 Å².